The molecule has 2 fully saturated rings. The number of hydrogen-bond acceptors (Lipinski definition) is 6. The molecule has 0 spiro atoms. The van der Waals surface area contributed by atoms with Gasteiger partial charge in [0.1, 0.15) is 0 Å². The molecule has 8 heteroatoms. The van der Waals surface area contributed by atoms with Crippen molar-refractivity contribution in [1.82, 2.24) is 9.88 Å². The number of aliphatic hydroxyl groups excluding tert-OH is 2. The van der Waals surface area contributed by atoms with Crippen LogP contribution in [0.1, 0.15) is 67.4 Å². The molecule has 2 amide bonds. The highest BCUT2D eigenvalue weighted by molar-refractivity contribution is 7.11. The van der Waals surface area contributed by atoms with Gasteiger partial charge in [-0.1, -0.05) is 13.8 Å². The van der Waals surface area contributed by atoms with E-state index in [9.17, 15) is 19.8 Å². The molecular formula is C23H35N3O4S. The van der Waals surface area contributed by atoms with Crippen LogP contribution in [0.3, 0.4) is 0 Å². The molecular weight excluding hydrogens is 414 g/mol. The van der Waals surface area contributed by atoms with E-state index in [2.05, 4.69) is 6.92 Å². The Kier molecular flexibility index (Phi) is 5.94. The van der Waals surface area contributed by atoms with Gasteiger partial charge in [0.2, 0.25) is 11.8 Å². The van der Waals surface area contributed by atoms with Crippen molar-refractivity contribution >= 4 is 23.2 Å². The van der Waals surface area contributed by atoms with Crippen molar-refractivity contribution in [3.63, 3.8) is 0 Å². The van der Waals surface area contributed by atoms with Gasteiger partial charge in [-0.15, -0.1) is 11.3 Å². The molecule has 4 N–H and O–H groups in total. The second kappa shape index (κ2) is 8.12. The van der Waals surface area contributed by atoms with Gasteiger partial charge in [0, 0.05) is 41.6 Å². The highest BCUT2D eigenvalue weighted by atomic mass is 32.1. The summed E-state index contributed by atoms with van der Waals surface area (Å²) in [6.07, 6.45) is 3.31. The van der Waals surface area contributed by atoms with Crippen LogP contribution in [-0.2, 0) is 16.0 Å². The van der Waals surface area contributed by atoms with E-state index in [1.54, 1.807) is 11.3 Å². The summed E-state index contributed by atoms with van der Waals surface area (Å²) in [5.74, 6) is -0.270. The van der Waals surface area contributed by atoms with E-state index in [1.165, 1.54) is 4.88 Å². The maximum atomic E-state index is 13.4. The minimum Gasteiger partial charge on any atom is -0.396 e. The summed E-state index contributed by atoms with van der Waals surface area (Å²) >= 11 is 1.68. The number of aromatic nitrogens is 1. The highest BCUT2D eigenvalue weighted by Crippen LogP contribution is 2.62. The molecule has 2 aliphatic carbocycles. The summed E-state index contributed by atoms with van der Waals surface area (Å²) in [4.78, 5) is 32.8. The topological polar surface area (TPSA) is 117 Å². The van der Waals surface area contributed by atoms with Crippen LogP contribution >= 0.6 is 11.3 Å². The Labute approximate surface area is 188 Å². The van der Waals surface area contributed by atoms with Crippen molar-refractivity contribution in [3.05, 3.63) is 15.6 Å². The van der Waals surface area contributed by atoms with E-state index in [4.69, 9.17) is 10.7 Å². The van der Waals surface area contributed by atoms with E-state index < -0.39 is 11.5 Å². The van der Waals surface area contributed by atoms with E-state index in [1.807, 2.05) is 18.7 Å². The Morgan fingerprint density at radius 3 is 2.55 bits per heavy atom. The SMILES string of the molecule is Cc1nc2c(s1)CC1C(C)(CO)C(O)CCC1(C)C2CC(=O)N1CCC(C(N)=O)CC1. The smallest absolute Gasteiger partial charge is 0.223 e. The van der Waals surface area contributed by atoms with E-state index in [0.29, 0.717) is 38.8 Å². The summed E-state index contributed by atoms with van der Waals surface area (Å²) in [5.41, 5.74) is 5.67. The van der Waals surface area contributed by atoms with Gasteiger partial charge in [-0.2, -0.15) is 0 Å². The van der Waals surface area contributed by atoms with Crippen molar-refractivity contribution in [3.8, 4) is 0 Å². The second-order valence-electron chi connectivity index (χ2n) is 10.3. The molecule has 5 unspecified atom stereocenters. The number of likely N-dealkylation sites (tertiary alicyclic amines) is 1. The molecule has 4 rings (SSSR count). The third-order valence-electron chi connectivity index (χ3n) is 8.63. The molecule has 2 heterocycles. The number of rotatable bonds is 4. The molecule has 31 heavy (non-hydrogen) atoms. The molecule has 1 aliphatic heterocycles. The monoisotopic (exact) mass is 449 g/mol. The molecule has 0 radical (unpaired) electrons. The van der Waals surface area contributed by atoms with Crippen molar-refractivity contribution in [2.24, 2.45) is 28.4 Å². The number of thiazole rings is 1. The predicted octanol–water partition coefficient (Wildman–Crippen LogP) is 1.98. The molecule has 3 aliphatic rings. The Morgan fingerprint density at radius 2 is 1.94 bits per heavy atom. The van der Waals surface area contributed by atoms with Gasteiger partial charge in [0.15, 0.2) is 0 Å². The van der Waals surface area contributed by atoms with E-state index in [0.717, 1.165) is 23.5 Å². The lowest BCUT2D eigenvalue weighted by molar-refractivity contribution is -0.148. The number of aliphatic hydroxyl groups is 2. The molecule has 1 saturated heterocycles. The minimum absolute atomic E-state index is 0.0362. The summed E-state index contributed by atoms with van der Waals surface area (Å²) in [6.45, 7) is 7.29. The first kappa shape index (κ1) is 22.7. The third-order valence-corrected chi connectivity index (χ3v) is 9.64. The number of fused-ring (bicyclic) bond motifs is 2. The molecule has 0 aromatic carbocycles. The zero-order chi connectivity index (χ0) is 22.6. The molecule has 5 atom stereocenters. The van der Waals surface area contributed by atoms with Gasteiger partial charge in [0.25, 0.3) is 0 Å². The molecule has 172 valence electrons. The number of carbonyl (C=O) groups excluding carboxylic acids is 2. The molecule has 7 nitrogen and oxygen atoms in total. The van der Waals surface area contributed by atoms with Crippen LogP contribution in [0.25, 0.3) is 0 Å². The second-order valence-corrected chi connectivity index (χ2v) is 11.6. The lowest BCUT2D eigenvalue weighted by atomic mass is 9.47. The number of primary amides is 1. The van der Waals surface area contributed by atoms with Crippen molar-refractivity contribution in [2.75, 3.05) is 19.7 Å². The number of piperidine rings is 1. The Balaban J connectivity index is 1.62. The standard InChI is InChI=1S/C23H35N3O4S/c1-13-25-20-15(10-19(29)26-8-5-14(6-9-26)21(24)30)22(2)7-4-18(28)23(3,12-27)17(22)11-16(20)31-13/h14-15,17-18,27-28H,4-12H2,1-3H3,(H2,24,30). The quantitative estimate of drug-likeness (QED) is 0.650. The largest absolute Gasteiger partial charge is 0.396 e. The Morgan fingerprint density at radius 1 is 1.26 bits per heavy atom. The first-order chi connectivity index (χ1) is 14.6. The number of amides is 2. The van der Waals surface area contributed by atoms with Gasteiger partial charge in [-0.25, -0.2) is 4.98 Å². The summed E-state index contributed by atoms with van der Waals surface area (Å²) in [5, 5.41) is 22.1. The maximum absolute atomic E-state index is 13.4. The van der Waals surface area contributed by atoms with Crippen LogP contribution in [0.4, 0.5) is 0 Å². The predicted molar refractivity (Wildman–Crippen MR) is 118 cm³/mol. The molecule has 1 saturated carbocycles. The average molecular weight is 450 g/mol. The first-order valence-electron chi connectivity index (χ1n) is 11.4. The summed E-state index contributed by atoms with van der Waals surface area (Å²) in [7, 11) is 0. The number of aryl methyl sites for hydroxylation is 1. The van der Waals surface area contributed by atoms with Crippen molar-refractivity contribution in [1.29, 1.82) is 0 Å². The Bertz CT molecular complexity index is 865. The lowest BCUT2D eigenvalue weighted by Gasteiger charge is -2.58. The van der Waals surface area contributed by atoms with Gasteiger partial charge in [-0.3, -0.25) is 9.59 Å². The lowest BCUT2D eigenvalue weighted by Crippen LogP contribution is -2.58. The number of carbonyl (C=O) groups is 2. The van der Waals surface area contributed by atoms with Gasteiger partial charge < -0.3 is 20.8 Å². The first-order valence-corrected chi connectivity index (χ1v) is 12.2. The van der Waals surface area contributed by atoms with E-state index in [-0.39, 0.29) is 41.6 Å². The maximum Gasteiger partial charge on any atom is 0.223 e. The average Bonchev–Trinajstić information content (AvgIpc) is 3.12. The fourth-order valence-corrected chi connectivity index (χ4v) is 7.53. The highest BCUT2D eigenvalue weighted by Gasteiger charge is 2.59. The minimum atomic E-state index is -0.594. The third kappa shape index (κ3) is 3.70. The molecule has 1 aromatic rings. The normalized spacial score (nSPS) is 36.0. The van der Waals surface area contributed by atoms with Crippen LogP contribution in [0.5, 0.6) is 0 Å². The fourth-order valence-electron chi connectivity index (χ4n) is 6.48. The summed E-state index contributed by atoms with van der Waals surface area (Å²) in [6, 6.07) is 0. The van der Waals surface area contributed by atoms with Crippen molar-refractivity contribution in [2.45, 2.75) is 71.3 Å². The fraction of sp³-hybridized carbons (Fsp3) is 0.783. The van der Waals surface area contributed by atoms with Crippen LogP contribution in [-0.4, -0.2) is 57.7 Å². The van der Waals surface area contributed by atoms with Crippen molar-refractivity contribution < 1.29 is 19.8 Å². The van der Waals surface area contributed by atoms with Gasteiger partial charge >= 0.3 is 0 Å². The molecule has 0 bridgehead atoms. The van der Waals surface area contributed by atoms with Gasteiger partial charge in [-0.05, 0) is 50.4 Å². The van der Waals surface area contributed by atoms with Crippen LogP contribution < -0.4 is 5.73 Å². The molecule has 1 aromatic heterocycles. The van der Waals surface area contributed by atoms with Crippen LogP contribution in [0.2, 0.25) is 0 Å². The number of nitrogens with zero attached hydrogens (tertiary/aromatic N) is 2. The van der Waals surface area contributed by atoms with Crippen LogP contribution in [0.15, 0.2) is 0 Å². The van der Waals surface area contributed by atoms with Gasteiger partial charge in [0.05, 0.1) is 23.4 Å². The van der Waals surface area contributed by atoms with Crippen LogP contribution in [0, 0.1) is 29.6 Å². The number of nitrogens with two attached hydrogens (primary N) is 1. The van der Waals surface area contributed by atoms with E-state index >= 15 is 0 Å². The summed E-state index contributed by atoms with van der Waals surface area (Å²) < 4.78 is 0. The number of hydrogen-bond donors (Lipinski definition) is 3. The zero-order valence-electron chi connectivity index (χ0n) is 18.8. The zero-order valence-corrected chi connectivity index (χ0v) is 19.6. The Hall–Kier alpha value is -1.51.